The fraction of sp³-hybridized carbons (Fsp3) is 0.182. The summed E-state index contributed by atoms with van der Waals surface area (Å²) in [7, 11) is 0. The number of carbonyl (C=O) groups excluding carboxylic acids is 2. The summed E-state index contributed by atoms with van der Waals surface area (Å²) in [6.07, 6.45) is -7.28. The number of alkyl halides is 6. The van der Waals surface area contributed by atoms with Gasteiger partial charge in [0.05, 0.1) is 26.7 Å². The van der Waals surface area contributed by atoms with E-state index in [0.29, 0.717) is 5.56 Å². The van der Waals surface area contributed by atoms with Crippen LogP contribution in [0.2, 0.25) is 15.1 Å². The van der Waals surface area contributed by atoms with Crippen molar-refractivity contribution in [2.24, 2.45) is 0 Å². The Morgan fingerprint density at radius 1 is 0.971 bits per heavy atom. The van der Waals surface area contributed by atoms with Crippen LogP contribution in [0.25, 0.3) is 6.08 Å². The van der Waals surface area contributed by atoms with Gasteiger partial charge in [-0.3, -0.25) is 9.59 Å². The minimum Gasteiger partial charge on any atom is -0.342 e. The van der Waals surface area contributed by atoms with E-state index in [-0.39, 0.29) is 26.2 Å². The lowest BCUT2D eigenvalue weighted by molar-refractivity contribution is -0.139. The van der Waals surface area contributed by atoms with E-state index in [9.17, 15) is 35.9 Å². The summed E-state index contributed by atoms with van der Waals surface area (Å²) in [5, 5.41) is 3.24. The van der Waals surface area contributed by atoms with Crippen LogP contribution >= 0.6 is 34.8 Å². The van der Waals surface area contributed by atoms with E-state index in [1.165, 1.54) is 30.3 Å². The van der Waals surface area contributed by atoms with Gasteiger partial charge in [0.15, 0.2) is 0 Å². The van der Waals surface area contributed by atoms with Gasteiger partial charge in [0.1, 0.15) is 6.54 Å². The maximum atomic E-state index is 13.6. The van der Waals surface area contributed by atoms with Crippen molar-refractivity contribution in [1.82, 2.24) is 10.6 Å². The second-order valence-corrected chi connectivity index (χ2v) is 8.22. The van der Waals surface area contributed by atoms with Crippen LogP contribution < -0.4 is 10.6 Å². The lowest BCUT2D eigenvalue weighted by atomic mass is 9.97. The van der Waals surface area contributed by atoms with Crippen molar-refractivity contribution in [1.29, 1.82) is 0 Å². The first-order valence-corrected chi connectivity index (χ1v) is 10.6. The van der Waals surface area contributed by atoms with E-state index < -0.39 is 42.3 Å². The first-order chi connectivity index (χ1) is 16.1. The number of halogens is 9. The summed E-state index contributed by atoms with van der Waals surface area (Å²) < 4.78 is 77.3. The molecule has 2 aromatic carbocycles. The molecule has 0 aromatic heterocycles. The molecule has 0 aliphatic heterocycles. The average Bonchev–Trinajstić information content (AvgIpc) is 2.74. The van der Waals surface area contributed by atoms with Gasteiger partial charge in [-0.15, -0.1) is 0 Å². The molecule has 188 valence electrons. The summed E-state index contributed by atoms with van der Waals surface area (Å²) in [4.78, 5) is 23.7. The molecular formula is C22H15Cl3F6N2O2. The maximum Gasteiger partial charge on any atom is 0.405 e. The zero-order valence-electron chi connectivity index (χ0n) is 17.3. The second-order valence-electron chi connectivity index (χ2n) is 7.03. The van der Waals surface area contributed by atoms with Gasteiger partial charge >= 0.3 is 12.4 Å². The molecule has 1 atom stereocenters. The van der Waals surface area contributed by atoms with Gasteiger partial charge < -0.3 is 10.6 Å². The Bertz CT molecular complexity index is 1120. The summed E-state index contributed by atoms with van der Waals surface area (Å²) >= 11 is 17.5. The Hall–Kier alpha value is -2.69. The van der Waals surface area contributed by atoms with E-state index in [0.717, 1.165) is 18.2 Å². The van der Waals surface area contributed by atoms with E-state index in [2.05, 4.69) is 6.58 Å². The normalized spacial score (nSPS) is 12.9. The minimum atomic E-state index is -4.68. The molecule has 13 heteroatoms. The molecule has 0 spiro atoms. The van der Waals surface area contributed by atoms with Crippen molar-refractivity contribution in [3.8, 4) is 0 Å². The van der Waals surface area contributed by atoms with Crippen LogP contribution in [0.4, 0.5) is 26.3 Å². The number of hydrogen-bond acceptors (Lipinski definition) is 2. The zero-order valence-corrected chi connectivity index (χ0v) is 19.6. The molecule has 0 saturated heterocycles. The van der Waals surface area contributed by atoms with Gasteiger partial charge in [0.25, 0.3) is 11.8 Å². The van der Waals surface area contributed by atoms with Crippen molar-refractivity contribution in [2.45, 2.75) is 18.3 Å². The number of rotatable bonds is 7. The summed E-state index contributed by atoms with van der Waals surface area (Å²) in [5.74, 6) is -4.14. The molecule has 0 aliphatic carbocycles. The average molecular weight is 560 g/mol. The molecule has 2 amide bonds. The van der Waals surface area contributed by atoms with Crippen molar-refractivity contribution in [2.75, 3.05) is 6.54 Å². The smallest absolute Gasteiger partial charge is 0.342 e. The molecule has 0 radical (unpaired) electrons. The highest BCUT2D eigenvalue weighted by Crippen LogP contribution is 2.41. The Morgan fingerprint density at radius 3 is 2.00 bits per heavy atom. The monoisotopic (exact) mass is 558 g/mol. The van der Waals surface area contributed by atoms with E-state index in [4.69, 9.17) is 34.8 Å². The molecule has 2 aromatic rings. The number of amides is 2. The quantitative estimate of drug-likeness (QED) is 0.220. The fourth-order valence-corrected chi connectivity index (χ4v) is 3.28. The molecule has 0 aliphatic rings. The van der Waals surface area contributed by atoms with Gasteiger partial charge in [-0.1, -0.05) is 65.7 Å². The molecule has 4 nitrogen and oxygen atoms in total. The predicted molar refractivity (Wildman–Crippen MR) is 121 cm³/mol. The van der Waals surface area contributed by atoms with Crippen LogP contribution in [-0.4, -0.2) is 30.7 Å². The third-order valence-corrected chi connectivity index (χ3v) is 5.56. The molecule has 0 saturated carbocycles. The highest BCUT2D eigenvalue weighted by atomic mass is 35.5. The third kappa shape index (κ3) is 8.48. The van der Waals surface area contributed by atoms with E-state index in [1.807, 2.05) is 5.32 Å². The predicted octanol–water partition coefficient (Wildman–Crippen LogP) is 6.93. The molecule has 0 heterocycles. The van der Waals surface area contributed by atoms with Crippen molar-refractivity contribution in [3.05, 3.63) is 86.5 Å². The number of allylic oxidation sites excluding steroid dienone is 1. The number of benzene rings is 2. The summed E-state index contributed by atoms with van der Waals surface area (Å²) in [5.41, 5.74) is -0.567. The van der Waals surface area contributed by atoms with Gasteiger partial charge in [0.2, 0.25) is 0 Å². The topological polar surface area (TPSA) is 58.2 Å². The number of carbonyl (C=O) groups is 2. The second kappa shape index (κ2) is 11.4. The van der Waals surface area contributed by atoms with Gasteiger partial charge in [-0.2, -0.15) is 26.3 Å². The molecule has 0 bridgehead atoms. The molecule has 2 rings (SSSR count). The zero-order chi connectivity index (χ0) is 26.6. The summed E-state index contributed by atoms with van der Waals surface area (Å²) in [6.45, 7) is 1.60. The largest absolute Gasteiger partial charge is 0.405 e. The number of nitrogens with one attached hydrogen (secondary N) is 2. The lowest BCUT2D eigenvalue weighted by Crippen LogP contribution is -2.39. The van der Waals surface area contributed by atoms with Crippen LogP contribution in [0.1, 0.15) is 27.4 Å². The first-order valence-electron chi connectivity index (χ1n) is 9.43. The highest BCUT2D eigenvalue weighted by Gasteiger charge is 2.39. The number of hydrogen-bond donors (Lipinski definition) is 2. The van der Waals surface area contributed by atoms with Crippen LogP contribution in [0.5, 0.6) is 0 Å². The summed E-state index contributed by atoms with van der Waals surface area (Å²) in [6, 6.07) is 7.26. The lowest BCUT2D eigenvalue weighted by Gasteiger charge is -2.18. The van der Waals surface area contributed by atoms with Crippen LogP contribution in [0.15, 0.2) is 54.8 Å². The van der Waals surface area contributed by atoms with Crippen molar-refractivity contribution in [3.63, 3.8) is 0 Å². The molecule has 35 heavy (non-hydrogen) atoms. The minimum absolute atomic E-state index is 0.0180. The fourth-order valence-electron chi connectivity index (χ4n) is 2.67. The van der Waals surface area contributed by atoms with Crippen molar-refractivity contribution < 1.29 is 35.9 Å². The maximum absolute atomic E-state index is 13.6. The highest BCUT2D eigenvalue weighted by molar-refractivity contribution is 6.48. The Kier molecular flexibility index (Phi) is 9.27. The first kappa shape index (κ1) is 28.5. The molecule has 2 N–H and O–H groups in total. The standard InChI is InChI=1S/C22H15Cl3F6N2O2/c1-11(19(34)32-10-21(26,27)28)33-20(35)13-5-2-12(3-6-13)4-7-15(22(29,30)31)14-8-16(23)18(25)17(24)9-14/h2-9,15H,1,10H2,(H,32,34)(H,33,35)/b7-4+. The van der Waals surface area contributed by atoms with Gasteiger partial charge in [-0.25, -0.2) is 0 Å². The van der Waals surface area contributed by atoms with Gasteiger partial charge in [0, 0.05) is 5.56 Å². The molecular weight excluding hydrogens is 545 g/mol. The molecule has 0 fully saturated rings. The van der Waals surface area contributed by atoms with Crippen LogP contribution in [0, 0.1) is 0 Å². The van der Waals surface area contributed by atoms with E-state index in [1.54, 1.807) is 5.32 Å². The Balaban J connectivity index is 2.12. The Morgan fingerprint density at radius 2 is 1.51 bits per heavy atom. The molecule has 1 unspecified atom stereocenters. The third-order valence-electron chi connectivity index (χ3n) is 4.36. The van der Waals surface area contributed by atoms with Crippen molar-refractivity contribution >= 4 is 52.7 Å². The van der Waals surface area contributed by atoms with Gasteiger partial charge in [-0.05, 0) is 35.4 Å². The Labute approximate surface area is 210 Å². The SMILES string of the molecule is C=C(NC(=O)c1ccc(/C=C/C(c2cc(Cl)c(Cl)c(Cl)c2)C(F)(F)F)cc1)C(=O)NCC(F)(F)F. The van der Waals surface area contributed by atoms with Crippen LogP contribution in [0.3, 0.4) is 0 Å². The van der Waals surface area contributed by atoms with E-state index >= 15 is 0 Å². The van der Waals surface area contributed by atoms with Crippen LogP contribution in [-0.2, 0) is 4.79 Å².